The monoisotopic (exact) mass is 380 g/mol. The Kier molecular flexibility index (Phi) is 5.48. The molecule has 0 spiro atoms. The molecule has 0 N–H and O–H groups in total. The van der Waals surface area contributed by atoms with Gasteiger partial charge in [0.15, 0.2) is 0 Å². The summed E-state index contributed by atoms with van der Waals surface area (Å²) in [7, 11) is 0. The van der Waals surface area contributed by atoms with E-state index in [0.29, 0.717) is 37.9 Å². The fraction of sp³-hybridized carbons (Fsp3) is 0.455. The zero-order valence-corrected chi connectivity index (χ0v) is 16.7. The van der Waals surface area contributed by atoms with Gasteiger partial charge in [-0.2, -0.15) is 0 Å². The molecular weight excluding hydrogens is 352 g/mol. The van der Waals surface area contributed by atoms with Gasteiger partial charge in [-0.3, -0.25) is 4.79 Å². The lowest BCUT2D eigenvalue weighted by molar-refractivity contribution is 0.0303. The molecule has 6 heteroatoms. The van der Waals surface area contributed by atoms with Crippen molar-refractivity contribution < 1.29 is 9.53 Å². The van der Waals surface area contributed by atoms with E-state index in [0.717, 1.165) is 25.5 Å². The molecule has 0 bridgehead atoms. The number of aromatic nitrogens is 1. The molecule has 1 aromatic heterocycles. The standard InChI is InChI=1S/C22H28N4O2/c1-17-5-3-4-6-20(17)25-9-10-26(18(2)16-25)21-15-19(7-8-23-21)22(27)24-11-13-28-14-12-24/h3-8,15,18H,9-14,16H2,1-2H3. The highest BCUT2D eigenvalue weighted by molar-refractivity contribution is 5.95. The average Bonchev–Trinajstić information content (AvgIpc) is 2.74. The Morgan fingerprint density at radius 3 is 2.64 bits per heavy atom. The van der Waals surface area contributed by atoms with Gasteiger partial charge in [-0.1, -0.05) is 18.2 Å². The molecule has 28 heavy (non-hydrogen) atoms. The molecular formula is C22H28N4O2. The lowest BCUT2D eigenvalue weighted by atomic mass is 10.1. The Labute approximate surface area is 166 Å². The van der Waals surface area contributed by atoms with Gasteiger partial charge in [0.1, 0.15) is 5.82 Å². The van der Waals surface area contributed by atoms with Gasteiger partial charge in [-0.25, -0.2) is 4.98 Å². The van der Waals surface area contributed by atoms with Crippen LogP contribution in [0.1, 0.15) is 22.8 Å². The van der Waals surface area contributed by atoms with E-state index in [1.807, 2.05) is 17.0 Å². The van der Waals surface area contributed by atoms with E-state index < -0.39 is 0 Å². The Balaban J connectivity index is 1.48. The molecule has 1 aromatic carbocycles. The van der Waals surface area contributed by atoms with Crippen molar-refractivity contribution in [3.8, 4) is 0 Å². The molecule has 2 fully saturated rings. The molecule has 0 aliphatic carbocycles. The molecule has 2 aliphatic heterocycles. The van der Waals surface area contributed by atoms with Crippen LogP contribution in [0.25, 0.3) is 0 Å². The molecule has 3 heterocycles. The predicted octanol–water partition coefficient (Wildman–Crippen LogP) is 2.58. The zero-order chi connectivity index (χ0) is 19.5. The number of para-hydroxylation sites is 1. The van der Waals surface area contributed by atoms with E-state index in [4.69, 9.17) is 4.74 Å². The normalized spacial score (nSPS) is 20.4. The minimum Gasteiger partial charge on any atom is -0.378 e. The number of amides is 1. The van der Waals surface area contributed by atoms with Crippen molar-refractivity contribution in [3.63, 3.8) is 0 Å². The summed E-state index contributed by atoms with van der Waals surface area (Å²) >= 11 is 0. The summed E-state index contributed by atoms with van der Waals surface area (Å²) in [6.07, 6.45) is 1.75. The van der Waals surface area contributed by atoms with Crippen LogP contribution in [-0.2, 0) is 4.74 Å². The number of piperazine rings is 1. The van der Waals surface area contributed by atoms with Gasteiger partial charge in [0.2, 0.25) is 0 Å². The highest BCUT2D eigenvalue weighted by Crippen LogP contribution is 2.25. The van der Waals surface area contributed by atoms with Gasteiger partial charge in [0.05, 0.1) is 13.2 Å². The van der Waals surface area contributed by atoms with Crippen LogP contribution < -0.4 is 9.80 Å². The molecule has 4 rings (SSSR count). The first-order valence-corrected chi connectivity index (χ1v) is 10.0. The predicted molar refractivity (Wildman–Crippen MR) is 111 cm³/mol. The number of benzene rings is 1. The van der Waals surface area contributed by atoms with Crippen molar-refractivity contribution in [2.24, 2.45) is 0 Å². The maximum Gasteiger partial charge on any atom is 0.254 e. The maximum atomic E-state index is 12.8. The highest BCUT2D eigenvalue weighted by Gasteiger charge is 2.26. The van der Waals surface area contributed by atoms with Crippen molar-refractivity contribution in [2.75, 3.05) is 55.7 Å². The van der Waals surface area contributed by atoms with E-state index in [2.05, 4.69) is 52.9 Å². The number of pyridine rings is 1. The lowest BCUT2D eigenvalue weighted by Crippen LogP contribution is -2.52. The van der Waals surface area contributed by atoms with Crippen molar-refractivity contribution in [1.82, 2.24) is 9.88 Å². The Bertz CT molecular complexity index is 835. The second-order valence-electron chi connectivity index (χ2n) is 7.58. The average molecular weight is 380 g/mol. The Morgan fingerprint density at radius 1 is 1.11 bits per heavy atom. The minimum atomic E-state index is 0.0677. The number of hydrogen-bond acceptors (Lipinski definition) is 5. The molecule has 6 nitrogen and oxygen atoms in total. The molecule has 2 saturated heterocycles. The van der Waals surface area contributed by atoms with Gasteiger partial charge in [0.25, 0.3) is 5.91 Å². The largest absolute Gasteiger partial charge is 0.378 e. The Morgan fingerprint density at radius 2 is 1.89 bits per heavy atom. The summed E-state index contributed by atoms with van der Waals surface area (Å²) in [5.74, 6) is 0.953. The van der Waals surface area contributed by atoms with Gasteiger partial charge < -0.3 is 19.4 Å². The third kappa shape index (κ3) is 3.83. The first-order chi connectivity index (χ1) is 13.6. The highest BCUT2D eigenvalue weighted by atomic mass is 16.5. The van der Waals surface area contributed by atoms with E-state index >= 15 is 0 Å². The number of rotatable bonds is 3. The van der Waals surface area contributed by atoms with E-state index in [1.54, 1.807) is 6.20 Å². The molecule has 1 unspecified atom stereocenters. The summed E-state index contributed by atoms with van der Waals surface area (Å²) in [6.45, 7) is 9.69. The molecule has 1 amide bonds. The lowest BCUT2D eigenvalue weighted by Gasteiger charge is -2.42. The van der Waals surface area contributed by atoms with Gasteiger partial charge in [-0.15, -0.1) is 0 Å². The van der Waals surface area contributed by atoms with Gasteiger partial charge in [0, 0.05) is 56.2 Å². The van der Waals surface area contributed by atoms with Crippen LogP contribution in [0.5, 0.6) is 0 Å². The van der Waals surface area contributed by atoms with E-state index in [-0.39, 0.29) is 5.91 Å². The van der Waals surface area contributed by atoms with E-state index in [1.165, 1.54) is 11.3 Å². The van der Waals surface area contributed by atoms with Crippen LogP contribution in [0.3, 0.4) is 0 Å². The van der Waals surface area contributed by atoms with Crippen LogP contribution in [0.4, 0.5) is 11.5 Å². The summed E-state index contributed by atoms with van der Waals surface area (Å²) in [4.78, 5) is 24.0. The molecule has 148 valence electrons. The number of morpholine rings is 1. The molecule has 0 radical (unpaired) electrons. The third-order valence-electron chi connectivity index (χ3n) is 5.67. The van der Waals surface area contributed by atoms with Crippen molar-refractivity contribution >= 4 is 17.4 Å². The number of ether oxygens (including phenoxy) is 1. The van der Waals surface area contributed by atoms with Crippen molar-refractivity contribution in [2.45, 2.75) is 19.9 Å². The first kappa shape index (κ1) is 18.7. The number of carbonyl (C=O) groups is 1. The zero-order valence-electron chi connectivity index (χ0n) is 16.7. The quantitative estimate of drug-likeness (QED) is 0.819. The third-order valence-corrected chi connectivity index (χ3v) is 5.67. The van der Waals surface area contributed by atoms with Gasteiger partial charge >= 0.3 is 0 Å². The molecule has 2 aliphatic rings. The van der Waals surface area contributed by atoms with Crippen LogP contribution in [0, 0.1) is 6.92 Å². The number of aryl methyl sites for hydroxylation is 1. The van der Waals surface area contributed by atoms with Crippen molar-refractivity contribution in [3.05, 3.63) is 53.7 Å². The summed E-state index contributed by atoms with van der Waals surface area (Å²) in [5.41, 5.74) is 3.32. The van der Waals surface area contributed by atoms with Gasteiger partial charge in [-0.05, 0) is 37.6 Å². The SMILES string of the molecule is Cc1ccccc1N1CCN(c2cc(C(=O)N3CCOCC3)ccn2)C(C)C1. The number of hydrogen-bond donors (Lipinski definition) is 0. The first-order valence-electron chi connectivity index (χ1n) is 10.0. The fourth-order valence-corrected chi connectivity index (χ4v) is 4.09. The van der Waals surface area contributed by atoms with Crippen LogP contribution in [0.2, 0.25) is 0 Å². The van der Waals surface area contributed by atoms with Crippen LogP contribution >= 0.6 is 0 Å². The van der Waals surface area contributed by atoms with Crippen LogP contribution in [-0.4, -0.2) is 67.8 Å². The maximum absolute atomic E-state index is 12.8. The molecule has 1 atom stereocenters. The summed E-state index contributed by atoms with van der Waals surface area (Å²) < 4.78 is 5.35. The fourth-order valence-electron chi connectivity index (χ4n) is 4.09. The molecule has 0 saturated carbocycles. The van der Waals surface area contributed by atoms with Crippen molar-refractivity contribution in [1.29, 1.82) is 0 Å². The molecule has 2 aromatic rings. The Hall–Kier alpha value is -2.60. The number of anilines is 2. The number of nitrogens with zero attached hydrogens (tertiary/aromatic N) is 4. The second kappa shape index (κ2) is 8.19. The topological polar surface area (TPSA) is 48.9 Å². The smallest absolute Gasteiger partial charge is 0.254 e. The summed E-state index contributed by atoms with van der Waals surface area (Å²) in [5, 5.41) is 0. The van der Waals surface area contributed by atoms with E-state index in [9.17, 15) is 4.79 Å². The number of carbonyl (C=O) groups excluding carboxylic acids is 1. The van der Waals surface area contributed by atoms with Crippen LogP contribution in [0.15, 0.2) is 42.6 Å². The summed E-state index contributed by atoms with van der Waals surface area (Å²) in [6, 6.07) is 12.6. The minimum absolute atomic E-state index is 0.0677. The second-order valence-corrected chi connectivity index (χ2v) is 7.58.